The predicted molar refractivity (Wildman–Crippen MR) is 111 cm³/mol. The summed E-state index contributed by atoms with van der Waals surface area (Å²) in [5.41, 5.74) is 1.24. The van der Waals surface area contributed by atoms with Crippen LogP contribution in [0.2, 0.25) is 0 Å². The van der Waals surface area contributed by atoms with Gasteiger partial charge in [-0.15, -0.1) is 0 Å². The molecule has 0 unspecified atom stereocenters. The summed E-state index contributed by atoms with van der Waals surface area (Å²) in [6.45, 7) is 1.22. The molecular formula is C20H17F3N6O2S. The van der Waals surface area contributed by atoms with E-state index in [-0.39, 0.29) is 17.8 Å². The molecule has 0 N–H and O–H groups in total. The lowest BCUT2D eigenvalue weighted by Gasteiger charge is -2.27. The SMILES string of the molecule is CSc1ncc2c(n1)N1CCC[C@H]1CN(c1cccc(-c3noc(C(F)(F)F)n3)c1)C2=O. The van der Waals surface area contributed by atoms with Gasteiger partial charge in [-0.3, -0.25) is 4.79 Å². The molecule has 3 aromatic rings. The Kier molecular flexibility index (Phi) is 5.03. The highest BCUT2D eigenvalue weighted by atomic mass is 32.2. The Morgan fingerprint density at radius 1 is 1.25 bits per heavy atom. The van der Waals surface area contributed by atoms with E-state index in [1.165, 1.54) is 11.8 Å². The third-order valence-corrected chi connectivity index (χ3v) is 6.09. The molecule has 2 aromatic heterocycles. The number of rotatable bonds is 3. The number of hydrogen-bond acceptors (Lipinski definition) is 8. The first-order valence-corrected chi connectivity index (χ1v) is 11.1. The number of fused-ring (bicyclic) bond motifs is 3. The van der Waals surface area contributed by atoms with E-state index in [0.717, 1.165) is 19.4 Å². The summed E-state index contributed by atoms with van der Waals surface area (Å²) < 4.78 is 42.9. The van der Waals surface area contributed by atoms with E-state index in [9.17, 15) is 18.0 Å². The van der Waals surface area contributed by atoms with Gasteiger partial charge in [-0.25, -0.2) is 9.97 Å². The van der Waals surface area contributed by atoms with E-state index in [1.807, 2.05) is 6.26 Å². The summed E-state index contributed by atoms with van der Waals surface area (Å²) in [5.74, 6) is -1.25. The zero-order valence-electron chi connectivity index (χ0n) is 16.8. The topological polar surface area (TPSA) is 88.2 Å². The number of halogens is 3. The van der Waals surface area contributed by atoms with Crippen molar-refractivity contribution in [2.45, 2.75) is 30.2 Å². The van der Waals surface area contributed by atoms with Crippen molar-refractivity contribution in [3.8, 4) is 11.4 Å². The van der Waals surface area contributed by atoms with Crippen LogP contribution in [0.5, 0.6) is 0 Å². The van der Waals surface area contributed by atoms with E-state index in [1.54, 1.807) is 35.4 Å². The molecule has 1 atom stereocenters. The molecule has 5 rings (SSSR count). The van der Waals surface area contributed by atoms with E-state index < -0.39 is 12.1 Å². The number of nitrogens with zero attached hydrogens (tertiary/aromatic N) is 6. The second-order valence-corrected chi connectivity index (χ2v) is 8.24. The molecule has 2 aliphatic heterocycles. The second-order valence-electron chi connectivity index (χ2n) is 7.47. The molecular weight excluding hydrogens is 445 g/mol. The highest BCUT2D eigenvalue weighted by Crippen LogP contribution is 2.35. The quantitative estimate of drug-likeness (QED) is 0.428. The van der Waals surface area contributed by atoms with Crippen LogP contribution in [0.15, 0.2) is 40.1 Å². The number of alkyl halides is 3. The molecule has 1 aromatic carbocycles. The Bertz CT molecular complexity index is 1180. The molecule has 1 saturated heterocycles. The van der Waals surface area contributed by atoms with Crippen LogP contribution >= 0.6 is 11.8 Å². The summed E-state index contributed by atoms with van der Waals surface area (Å²) in [6, 6.07) is 6.61. The molecule has 12 heteroatoms. The van der Waals surface area contributed by atoms with Gasteiger partial charge in [0.2, 0.25) is 5.82 Å². The first-order chi connectivity index (χ1) is 15.3. The van der Waals surface area contributed by atoms with E-state index >= 15 is 0 Å². The molecule has 0 radical (unpaired) electrons. The number of aromatic nitrogens is 4. The van der Waals surface area contributed by atoms with Gasteiger partial charge in [-0.2, -0.15) is 18.2 Å². The third kappa shape index (κ3) is 3.57. The van der Waals surface area contributed by atoms with Gasteiger partial charge in [0.25, 0.3) is 5.91 Å². The molecule has 0 bridgehead atoms. The largest absolute Gasteiger partial charge is 0.471 e. The Hall–Kier alpha value is -3.15. The number of anilines is 2. The fraction of sp³-hybridized carbons (Fsp3) is 0.350. The molecule has 1 fully saturated rings. The third-order valence-electron chi connectivity index (χ3n) is 5.53. The predicted octanol–water partition coefficient (Wildman–Crippen LogP) is 3.90. The molecule has 2 aliphatic rings. The van der Waals surface area contributed by atoms with Gasteiger partial charge in [-0.05, 0) is 31.2 Å². The van der Waals surface area contributed by atoms with Crippen LogP contribution in [-0.4, -0.2) is 51.4 Å². The van der Waals surface area contributed by atoms with Gasteiger partial charge in [0.1, 0.15) is 11.4 Å². The molecule has 0 spiro atoms. The standard InChI is InChI=1S/C20H17F3N6O2S/c1-32-19-24-9-14-16(26-19)28-7-3-6-13(28)10-29(17(14)30)12-5-2-4-11(8-12)15-25-18(31-27-15)20(21,22)23/h2,4-5,8-9,13H,3,6-7,10H2,1H3/t13-/m0/s1. The number of amides is 1. The van der Waals surface area contributed by atoms with Crippen molar-refractivity contribution in [2.24, 2.45) is 0 Å². The molecule has 0 saturated carbocycles. The molecule has 8 nitrogen and oxygen atoms in total. The molecule has 32 heavy (non-hydrogen) atoms. The second kappa shape index (κ2) is 7.76. The van der Waals surface area contributed by atoms with Crippen molar-refractivity contribution in [3.05, 3.63) is 41.9 Å². The Morgan fingerprint density at radius 2 is 2.09 bits per heavy atom. The average molecular weight is 462 g/mol. The maximum absolute atomic E-state index is 13.5. The first-order valence-electron chi connectivity index (χ1n) is 9.86. The van der Waals surface area contributed by atoms with Crippen molar-refractivity contribution < 1.29 is 22.5 Å². The van der Waals surface area contributed by atoms with Crippen molar-refractivity contribution in [1.29, 1.82) is 0 Å². The summed E-state index contributed by atoms with van der Waals surface area (Å²) in [4.78, 5) is 29.5. The van der Waals surface area contributed by atoms with Crippen molar-refractivity contribution in [2.75, 3.05) is 29.1 Å². The number of carbonyl (C=O) groups excluding carboxylic acids is 1. The zero-order chi connectivity index (χ0) is 22.5. The number of thioether (sulfide) groups is 1. The summed E-state index contributed by atoms with van der Waals surface area (Å²) >= 11 is 1.41. The Balaban J connectivity index is 1.54. The zero-order valence-corrected chi connectivity index (χ0v) is 17.7. The lowest BCUT2D eigenvalue weighted by molar-refractivity contribution is -0.159. The highest BCUT2D eigenvalue weighted by molar-refractivity contribution is 7.98. The smallest absolute Gasteiger partial charge is 0.351 e. The highest BCUT2D eigenvalue weighted by Gasteiger charge is 2.39. The maximum atomic E-state index is 13.5. The van der Waals surface area contributed by atoms with E-state index in [0.29, 0.717) is 34.3 Å². The molecule has 166 valence electrons. The van der Waals surface area contributed by atoms with E-state index in [4.69, 9.17) is 0 Å². The molecule has 4 heterocycles. The minimum atomic E-state index is -4.73. The van der Waals surface area contributed by atoms with Gasteiger partial charge in [-0.1, -0.05) is 29.1 Å². The van der Waals surface area contributed by atoms with Gasteiger partial charge in [0.15, 0.2) is 5.16 Å². The molecule has 1 amide bonds. The summed E-state index contributed by atoms with van der Waals surface area (Å²) in [6.07, 6.45) is 0.578. The van der Waals surface area contributed by atoms with Crippen LogP contribution in [0.3, 0.4) is 0 Å². The molecule has 0 aliphatic carbocycles. The minimum Gasteiger partial charge on any atom is -0.351 e. The van der Waals surface area contributed by atoms with Crippen LogP contribution in [0.4, 0.5) is 24.7 Å². The maximum Gasteiger partial charge on any atom is 0.471 e. The Morgan fingerprint density at radius 3 is 2.84 bits per heavy atom. The normalized spacial score (nSPS) is 18.5. The van der Waals surface area contributed by atoms with Crippen LogP contribution < -0.4 is 9.80 Å². The number of carbonyl (C=O) groups is 1. The van der Waals surface area contributed by atoms with Crippen LogP contribution in [0, 0.1) is 0 Å². The number of benzene rings is 1. The van der Waals surface area contributed by atoms with Crippen LogP contribution in [-0.2, 0) is 6.18 Å². The van der Waals surface area contributed by atoms with Gasteiger partial charge >= 0.3 is 12.1 Å². The van der Waals surface area contributed by atoms with Crippen LogP contribution in [0.25, 0.3) is 11.4 Å². The lowest BCUT2D eigenvalue weighted by Crippen LogP contribution is -2.39. The lowest BCUT2D eigenvalue weighted by atomic mass is 10.1. The fourth-order valence-electron chi connectivity index (χ4n) is 4.06. The summed E-state index contributed by atoms with van der Waals surface area (Å²) in [7, 11) is 0. The van der Waals surface area contributed by atoms with Crippen molar-refractivity contribution >= 4 is 29.2 Å². The van der Waals surface area contributed by atoms with Gasteiger partial charge < -0.3 is 14.3 Å². The monoisotopic (exact) mass is 462 g/mol. The van der Waals surface area contributed by atoms with Gasteiger partial charge in [0.05, 0.1) is 0 Å². The fourth-order valence-corrected chi connectivity index (χ4v) is 4.40. The minimum absolute atomic E-state index is 0.0791. The Labute approximate surface area is 184 Å². The first kappa shape index (κ1) is 20.7. The van der Waals surface area contributed by atoms with E-state index in [2.05, 4.69) is 29.5 Å². The van der Waals surface area contributed by atoms with Crippen molar-refractivity contribution in [3.63, 3.8) is 0 Å². The van der Waals surface area contributed by atoms with Crippen LogP contribution in [0.1, 0.15) is 29.1 Å². The van der Waals surface area contributed by atoms with Crippen molar-refractivity contribution in [1.82, 2.24) is 20.1 Å². The average Bonchev–Trinajstić information content (AvgIpc) is 3.44. The number of hydrogen-bond donors (Lipinski definition) is 0. The summed E-state index contributed by atoms with van der Waals surface area (Å²) in [5, 5.41) is 4.04. The van der Waals surface area contributed by atoms with Gasteiger partial charge in [0, 0.05) is 36.6 Å².